The van der Waals surface area contributed by atoms with E-state index in [1.54, 1.807) is 36.4 Å². The predicted octanol–water partition coefficient (Wildman–Crippen LogP) is 2.97. The Hall–Kier alpha value is -2.98. The molecule has 3 aromatic rings. The van der Waals surface area contributed by atoms with Gasteiger partial charge in [-0.2, -0.15) is 0 Å². The molecular formula is C20H21N3O5S2. The summed E-state index contributed by atoms with van der Waals surface area (Å²) in [5.74, 6) is 0.254. The lowest BCUT2D eigenvalue weighted by Gasteiger charge is -2.14. The van der Waals surface area contributed by atoms with Crippen LogP contribution in [0.2, 0.25) is 0 Å². The maximum Gasteiger partial charge on any atom is 0.265 e. The average Bonchev–Trinajstić information content (AvgIpc) is 2.69. The van der Waals surface area contributed by atoms with Crippen molar-refractivity contribution in [2.24, 2.45) is 0 Å². The molecule has 1 heterocycles. The van der Waals surface area contributed by atoms with Gasteiger partial charge in [0, 0.05) is 17.5 Å². The second-order valence-electron chi connectivity index (χ2n) is 6.80. The third-order valence-corrected chi connectivity index (χ3v) is 6.88. The number of rotatable bonds is 6. The Kier molecular flexibility index (Phi) is 5.82. The zero-order valence-electron chi connectivity index (χ0n) is 16.9. The van der Waals surface area contributed by atoms with Crippen molar-refractivity contribution in [1.82, 2.24) is 10.2 Å². The van der Waals surface area contributed by atoms with Crippen LogP contribution in [0, 0.1) is 13.8 Å². The first-order valence-corrected chi connectivity index (χ1v) is 12.2. The van der Waals surface area contributed by atoms with Crippen molar-refractivity contribution in [1.29, 1.82) is 0 Å². The molecule has 0 fully saturated rings. The third kappa shape index (κ3) is 4.60. The SMILES string of the molecule is COc1cc(C)c(C)cc1S(=O)(=O)Nc1cccc(-c2ccc(S(C)(=O)=O)nn2)c1. The fourth-order valence-corrected chi connectivity index (χ4v) is 4.55. The van der Waals surface area contributed by atoms with E-state index >= 15 is 0 Å². The van der Waals surface area contributed by atoms with Crippen LogP contribution in [0.5, 0.6) is 5.75 Å². The summed E-state index contributed by atoms with van der Waals surface area (Å²) >= 11 is 0. The van der Waals surface area contributed by atoms with E-state index in [-0.39, 0.29) is 15.7 Å². The Balaban J connectivity index is 1.95. The van der Waals surface area contributed by atoms with Gasteiger partial charge in [0.15, 0.2) is 14.9 Å². The van der Waals surface area contributed by atoms with E-state index in [0.29, 0.717) is 16.9 Å². The van der Waals surface area contributed by atoms with Crippen molar-refractivity contribution in [2.75, 3.05) is 18.1 Å². The molecule has 0 saturated carbocycles. The molecule has 8 nitrogen and oxygen atoms in total. The molecule has 30 heavy (non-hydrogen) atoms. The number of hydrogen-bond donors (Lipinski definition) is 1. The first-order chi connectivity index (χ1) is 14.0. The van der Waals surface area contributed by atoms with Gasteiger partial charge >= 0.3 is 0 Å². The van der Waals surface area contributed by atoms with E-state index in [1.165, 1.54) is 19.2 Å². The van der Waals surface area contributed by atoms with Gasteiger partial charge in [-0.05, 0) is 61.4 Å². The predicted molar refractivity (Wildman–Crippen MR) is 114 cm³/mol. The summed E-state index contributed by atoms with van der Waals surface area (Å²) in [4.78, 5) is 0.0378. The maximum atomic E-state index is 13.0. The summed E-state index contributed by atoms with van der Waals surface area (Å²) in [6.45, 7) is 3.70. The molecule has 0 saturated heterocycles. The first kappa shape index (κ1) is 21.7. The zero-order valence-corrected chi connectivity index (χ0v) is 18.5. The van der Waals surface area contributed by atoms with E-state index < -0.39 is 19.9 Å². The summed E-state index contributed by atoms with van der Waals surface area (Å²) in [7, 11) is -5.95. The molecule has 0 aliphatic heterocycles. The molecule has 158 valence electrons. The molecule has 1 aromatic heterocycles. The van der Waals surface area contributed by atoms with Crippen molar-refractivity contribution >= 4 is 25.5 Å². The second-order valence-corrected chi connectivity index (χ2v) is 10.4. The van der Waals surface area contributed by atoms with E-state index in [4.69, 9.17) is 4.74 Å². The molecule has 0 aliphatic carbocycles. The van der Waals surface area contributed by atoms with Crippen LogP contribution in [-0.2, 0) is 19.9 Å². The first-order valence-electron chi connectivity index (χ1n) is 8.83. The number of ether oxygens (including phenoxy) is 1. The minimum atomic E-state index is -3.91. The topological polar surface area (TPSA) is 115 Å². The fourth-order valence-electron chi connectivity index (χ4n) is 2.76. The standard InChI is InChI=1S/C20H21N3O5S2/c1-13-10-18(28-3)19(11-14(13)2)30(26,27)23-16-7-5-6-15(12-16)17-8-9-20(22-21-17)29(4,24)25/h5-12,23H,1-4H3. The van der Waals surface area contributed by atoms with Crippen LogP contribution in [-0.4, -0.2) is 40.4 Å². The van der Waals surface area contributed by atoms with Gasteiger partial charge in [0.05, 0.1) is 12.8 Å². The summed E-state index contributed by atoms with van der Waals surface area (Å²) < 4.78 is 56.8. The molecule has 1 N–H and O–H groups in total. The Morgan fingerprint density at radius 2 is 1.60 bits per heavy atom. The lowest BCUT2D eigenvalue weighted by atomic mass is 10.1. The quantitative estimate of drug-likeness (QED) is 0.618. The number of aryl methyl sites for hydroxylation is 2. The Labute approximate surface area is 175 Å². The average molecular weight is 448 g/mol. The molecule has 0 radical (unpaired) electrons. The van der Waals surface area contributed by atoms with Crippen LogP contribution in [0.4, 0.5) is 5.69 Å². The molecule has 0 atom stereocenters. The monoisotopic (exact) mass is 447 g/mol. The van der Waals surface area contributed by atoms with Gasteiger partial charge in [-0.25, -0.2) is 16.8 Å². The molecule has 10 heteroatoms. The number of hydrogen-bond acceptors (Lipinski definition) is 7. The largest absolute Gasteiger partial charge is 0.495 e. The summed E-state index contributed by atoms with van der Waals surface area (Å²) in [5.41, 5.74) is 3.05. The van der Waals surface area contributed by atoms with Gasteiger partial charge in [0.25, 0.3) is 10.0 Å². The van der Waals surface area contributed by atoms with Crippen LogP contribution >= 0.6 is 0 Å². The van der Waals surface area contributed by atoms with Crippen molar-refractivity contribution in [3.63, 3.8) is 0 Å². The van der Waals surface area contributed by atoms with Crippen LogP contribution < -0.4 is 9.46 Å². The van der Waals surface area contributed by atoms with Crippen molar-refractivity contribution in [2.45, 2.75) is 23.8 Å². The van der Waals surface area contributed by atoms with E-state index in [0.717, 1.165) is 17.4 Å². The summed E-state index contributed by atoms with van der Waals surface area (Å²) in [5, 5.41) is 7.52. The molecule has 0 spiro atoms. The molecule has 0 bridgehead atoms. The highest BCUT2D eigenvalue weighted by atomic mass is 32.2. The Morgan fingerprint density at radius 1 is 0.900 bits per heavy atom. The molecular weight excluding hydrogens is 426 g/mol. The van der Waals surface area contributed by atoms with E-state index in [9.17, 15) is 16.8 Å². The lowest BCUT2D eigenvalue weighted by Crippen LogP contribution is -2.14. The normalized spacial score (nSPS) is 11.9. The molecule has 3 rings (SSSR count). The van der Waals surface area contributed by atoms with Gasteiger partial charge in [-0.1, -0.05) is 12.1 Å². The minimum Gasteiger partial charge on any atom is -0.495 e. The summed E-state index contributed by atoms with van der Waals surface area (Å²) in [6, 6.07) is 12.7. The van der Waals surface area contributed by atoms with Crippen LogP contribution in [0.1, 0.15) is 11.1 Å². The summed E-state index contributed by atoms with van der Waals surface area (Å²) in [6.07, 6.45) is 1.05. The maximum absolute atomic E-state index is 13.0. The molecule has 0 aliphatic rings. The van der Waals surface area contributed by atoms with Gasteiger partial charge in [0.1, 0.15) is 10.6 Å². The van der Waals surface area contributed by atoms with Crippen molar-refractivity contribution in [3.8, 4) is 17.0 Å². The Bertz CT molecular complexity index is 1300. The smallest absolute Gasteiger partial charge is 0.265 e. The number of anilines is 1. The molecule has 0 unspecified atom stereocenters. The molecule has 2 aromatic carbocycles. The lowest BCUT2D eigenvalue weighted by molar-refractivity contribution is 0.402. The van der Waals surface area contributed by atoms with Crippen LogP contribution in [0.15, 0.2) is 58.5 Å². The van der Waals surface area contributed by atoms with Crippen molar-refractivity contribution < 1.29 is 21.6 Å². The van der Waals surface area contributed by atoms with Crippen LogP contribution in [0.3, 0.4) is 0 Å². The number of sulfonamides is 1. The third-order valence-electron chi connectivity index (χ3n) is 4.50. The van der Waals surface area contributed by atoms with Gasteiger partial charge in [0.2, 0.25) is 0 Å². The number of aromatic nitrogens is 2. The number of sulfone groups is 1. The second kappa shape index (κ2) is 8.04. The highest BCUT2D eigenvalue weighted by Crippen LogP contribution is 2.30. The zero-order chi connectivity index (χ0) is 22.1. The number of methoxy groups -OCH3 is 1. The number of benzene rings is 2. The van der Waals surface area contributed by atoms with Crippen LogP contribution in [0.25, 0.3) is 11.3 Å². The molecule has 0 amide bonds. The van der Waals surface area contributed by atoms with Gasteiger partial charge in [-0.3, -0.25) is 4.72 Å². The highest BCUT2D eigenvalue weighted by molar-refractivity contribution is 7.92. The Morgan fingerprint density at radius 3 is 2.20 bits per heavy atom. The van der Waals surface area contributed by atoms with E-state index in [1.807, 2.05) is 13.8 Å². The minimum absolute atomic E-state index is 0.0378. The number of nitrogens with one attached hydrogen (secondary N) is 1. The van der Waals surface area contributed by atoms with Gasteiger partial charge < -0.3 is 4.74 Å². The highest BCUT2D eigenvalue weighted by Gasteiger charge is 2.21. The van der Waals surface area contributed by atoms with E-state index in [2.05, 4.69) is 14.9 Å². The van der Waals surface area contributed by atoms with Gasteiger partial charge in [-0.15, -0.1) is 10.2 Å². The van der Waals surface area contributed by atoms with Crippen molar-refractivity contribution in [3.05, 3.63) is 59.7 Å². The fraction of sp³-hybridized carbons (Fsp3) is 0.200. The number of nitrogens with zero attached hydrogens (tertiary/aromatic N) is 2.